The molecule has 2 aliphatic rings. The Labute approximate surface area is 145 Å². The van der Waals surface area contributed by atoms with Crippen LogP contribution in [0.3, 0.4) is 0 Å². The number of amides is 2. The van der Waals surface area contributed by atoms with Crippen molar-refractivity contribution < 1.29 is 19.1 Å². The Hall–Kier alpha value is -1.88. The second kappa shape index (κ2) is 6.93. The quantitative estimate of drug-likeness (QED) is 0.619. The smallest absolute Gasteiger partial charge is 0.329 e. The molecule has 1 saturated carbocycles. The van der Waals surface area contributed by atoms with E-state index in [0.29, 0.717) is 5.02 Å². The number of likely N-dealkylation sites (tertiary alicyclic amines) is 1. The molecule has 0 unspecified atom stereocenters. The van der Waals surface area contributed by atoms with Gasteiger partial charge in [0.1, 0.15) is 12.6 Å². The van der Waals surface area contributed by atoms with Crippen LogP contribution in [0.1, 0.15) is 38.2 Å². The minimum atomic E-state index is -0.886. The van der Waals surface area contributed by atoms with Crippen LogP contribution in [0.2, 0.25) is 5.02 Å². The Kier molecular flexibility index (Phi) is 4.90. The predicted molar refractivity (Wildman–Crippen MR) is 88.0 cm³/mol. The summed E-state index contributed by atoms with van der Waals surface area (Å²) in [6.07, 6.45) is 3.39. The van der Waals surface area contributed by atoms with Crippen molar-refractivity contribution in [3.05, 3.63) is 34.9 Å². The largest absolute Gasteiger partial charge is 0.459 e. The van der Waals surface area contributed by atoms with Crippen LogP contribution in [0.4, 0.5) is 0 Å². The fourth-order valence-corrected chi connectivity index (χ4v) is 3.66. The van der Waals surface area contributed by atoms with E-state index in [1.807, 2.05) is 0 Å². The van der Waals surface area contributed by atoms with E-state index in [9.17, 15) is 14.4 Å². The second-order valence-corrected chi connectivity index (χ2v) is 6.89. The lowest BCUT2D eigenvalue weighted by atomic mass is 9.81. The molecule has 0 aromatic heterocycles. The van der Waals surface area contributed by atoms with Gasteiger partial charge < -0.3 is 4.74 Å². The van der Waals surface area contributed by atoms with Gasteiger partial charge >= 0.3 is 5.97 Å². The number of carbonyl (C=O) groups excluding carboxylic acids is 3. The van der Waals surface area contributed by atoms with E-state index in [1.54, 1.807) is 31.2 Å². The molecule has 0 radical (unpaired) electrons. The summed E-state index contributed by atoms with van der Waals surface area (Å²) in [5, 5.41) is 0.606. The topological polar surface area (TPSA) is 63.7 Å². The van der Waals surface area contributed by atoms with Crippen molar-refractivity contribution in [2.45, 2.75) is 45.3 Å². The maximum Gasteiger partial charge on any atom is 0.329 e. The molecule has 24 heavy (non-hydrogen) atoms. The molecule has 5 nitrogen and oxygen atoms in total. The molecule has 2 fully saturated rings. The zero-order chi connectivity index (χ0) is 17.3. The molecule has 3 atom stereocenters. The highest BCUT2D eigenvalue weighted by atomic mass is 35.5. The van der Waals surface area contributed by atoms with Gasteiger partial charge in [0.05, 0.1) is 11.8 Å². The Morgan fingerprint density at radius 1 is 1.17 bits per heavy atom. The zero-order valence-corrected chi connectivity index (χ0v) is 14.3. The summed E-state index contributed by atoms with van der Waals surface area (Å²) in [4.78, 5) is 38.4. The van der Waals surface area contributed by atoms with Crippen molar-refractivity contribution in [3.8, 4) is 0 Å². The van der Waals surface area contributed by atoms with Crippen LogP contribution < -0.4 is 0 Å². The molecule has 1 aromatic rings. The molecule has 3 rings (SSSR count). The Balaban J connectivity index is 1.63. The van der Waals surface area contributed by atoms with Crippen LogP contribution in [0, 0.1) is 11.8 Å². The van der Waals surface area contributed by atoms with Gasteiger partial charge in [-0.15, -0.1) is 0 Å². The summed E-state index contributed by atoms with van der Waals surface area (Å²) in [5.41, 5.74) is 0.799. The average molecular weight is 350 g/mol. The summed E-state index contributed by atoms with van der Waals surface area (Å²) >= 11 is 5.81. The highest BCUT2D eigenvalue weighted by molar-refractivity contribution is 6.30. The van der Waals surface area contributed by atoms with E-state index in [4.69, 9.17) is 16.3 Å². The van der Waals surface area contributed by atoms with Crippen LogP contribution in [-0.4, -0.2) is 28.7 Å². The highest BCUT2D eigenvalue weighted by Gasteiger charge is 2.51. The number of hydrogen-bond donors (Lipinski definition) is 0. The van der Waals surface area contributed by atoms with E-state index >= 15 is 0 Å². The number of halogens is 1. The number of ether oxygens (including phenoxy) is 1. The summed E-state index contributed by atoms with van der Waals surface area (Å²) in [7, 11) is 0. The van der Waals surface area contributed by atoms with Gasteiger partial charge in [0, 0.05) is 5.02 Å². The minimum absolute atomic E-state index is 0.0867. The number of benzene rings is 1. The molecule has 6 heteroatoms. The van der Waals surface area contributed by atoms with Crippen molar-refractivity contribution in [3.63, 3.8) is 0 Å². The molecular formula is C18H20ClNO4. The van der Waals surface area contributed by atoms with E-state index in [0.717, 1.165) is 36.1 Å². The van der Waals surface area contributed by atoms with Crippen molar-refractivity contribution in [2.24, 2.45) is 11.8 Å². The van der Waals surface area contributed by atoms with Crippen molar-refractivity contribution in [2.75, 3.05) is 0 Å². The predicted octanol–water partition coefficient (Wildman–Crippen LogP) is 2.95. The van der Waals surface area contributed by atoms with Gasteiger partial charge in [0.25, 0.3) is 0 Å². The van der Waals surface area contributed by atoms with E-state index < -0.39 is 12.0 Å². The normalized spacial score (nSPS) is 24.7. The van der Waals surface area contributed by atoms with E-state index in [-0.39, 0.29) is 30.3 Å². The van der Waals surface area contributed by atoms with Crippen LogP contribution in [0.25, 0.3) is 0 Å². The van der Waals surface area contributed by atoms with Gasteiger partial charge in [-0.25, -0.2) is 4.79 Å². The van der Waals surface area contributed by atoms with Crippen molar-refractivity contribution in [1.29, 1.82) is 0 Å². The fourth-order valence-electron chi connectivity index (χ4n) is 3.53. The fraction of sp³-hybridized carbons (Fsp3) is 0.500. The second-order valence-electron chi connectivity index (χ2n) is 6.45. The van der Waals surface area contributed by atoms with Gasteiger partial charge in [-0.05, 0) is 37.5 Å². The molecule has 0 bridgehead atoms. The number of carbonyl (C=O) groups is 3. The van der Waals surface area contributed by atoms with Crippen LogP contribution in [-0.2, 0) is 25.7 Å². The minimum Gasteiger partial charge on any atom is -0.459 e. The summed E-state index contributed by atoms with van der Waals surface area (Å²) in [6, 6.07) is 6.07. The van der Waals surface area contributed by atoms with Crippen molar-refractivity contribution in [1.82, 2.24) is 4.90 Å². The van der Waals surface area contributed by atoms with Crippen LogP contribution in [0.5, 0.6) is 0 Å². The summed E-state index contributed by atoms with van der Waals surface area (Å²) in [6.45, 7) is 1.64. The highest BCUT2D eigenvalue weighted by Crippen LogP contribution is 2.38. The third-order valence-electron chi connectivity index (χ3n) is 4.90. The maximum atomic E-state index is 12.5. The van der Waals surface area contributed by atoms with Gasteiger partial charge in [0.15, 0.2) is 0 Å². The van der Waals surface area contributed by atoms with E-state index in [1.165, 1.54) is 0 Å². The molecule has 1 saturated heterocycles. The van der Waals surface area contributed by atoms with Gasteiger partial charge in [-0.3, -0.25) is 14.5 Å². The number of hydrogen-bond acceptors (Lipinski definition) is 4. The summed E-state index contributed by atoms with van der Waals surface area (Å²) in [5.74, 6) is -1.51. The monoisotopic (exact) mass is 349 g/mol. The van der Waals surface area contributed by atoms with Gasteiger partial charge in [-0.1, -0.05) is 36.6 Å². The average Bonchev–Trinajstić information content (AvgIpc) is 2.85. The molecular weight excluding hydrogens is 330 g/mol. The Bertz CT molecular complexity index is 633. The molecule has 1 heterocycles. The summed E-state index contributed by atoms with van der Waals surface area (Å²) < 4.78 is 5.26. The molecule has 0 spiro atoms. The van der Waals surface area contributed by atoms with E-state index in [2.05, 4.69) is 0 Å². The van der Waals surface area contributed by atoms with Crippen LogP contribution >= 0.6 is 11.6 Å². The zero-order valence-electron chi connectivity index (χ0n) is 13.5. The first-order valence-electron chi connectivity index (χ1n) is 8.27. The number of rotatable bonds is 4. The van der Waals surface area contributed by atoms with Crippen molar-refractivity contribution >= 4 is 29.4 Å². The third kappa shape index (κ3) is 3.18. The number of imide groups is 1. The lowest BCUT2D eigenvalue weighted by Gasteiger charge is -2.21. The molecule has 1 aliphatic carbocycles. The molecule has 0 N–H and O–H groups in total. The lowest BCUT2D eigenvalue weighted by Crippen LogP contribution is -2.44. The molecule has 1 aromatic carbocycles. The first-order chi connectivity index (χ1) is 11.5. The molecule has 128 valence electrons. The SMILES string of the molecule is C[C@@H](C(=O)OCc1ccc(Cl)cc1)N1C(=O)[C@H]2CCCC[C@H]2C1=O. The number of esters is 1. The molecule has 1 aliphatic heterocycles. The van der Waals surface area contributed by atoms with Crippen LogP contribution in [0.15, 0.2) is 24.3 Å². The Morgan fingerprint density at radius 3 is 2.25 bits per heavy atom. The number of nitrogens with zero attached hydrogens (tertiary/aromatic N) is 1. The number of fused-ring (bicyclic) bond motifs is 1. The first-order valence-corrected chi connectivity index (χ1v) is 8.65. The standard InChI is InChI=1S/C18H20ClNO4/c1-11(18(23)24-10-12-6-8-13(19)9-7-12)20-16(21)14-4-2-3-5-15(14)17(20)22/h6-9,11,14-15H,2-5,10H2,1H3/t11-,14-,15+/m0/s1. The maximum absolute atomic E-state index is 12.5. The van der Waals surface area contributed by atoms with Gasteiger partial charge in [-0.2, -0.15) is 0 Å². The Morgan fingerprint density at radius 2 is 1.71 bits per heavy atom. The van der Waals surface area contributed by atoms with Gasteiger partial charge in [0.2, 0.25) is 11.8 Å². The first kappa shape index (κ1) is 17.0. The lowest BCUT2D eigenvalue weighted by molar-refractivity contribution is -0.159. The molecule has 2 amide bonds. The third-order valence-corrected chi connectivity index (χ3v) is 5.15.